The van der Waals surface area contributed by atoms with Crippen LogP contribution in [0.25, 0.3) is 0 Å². The Morgan fingerprint density at radius 3 is 2.06 bits per heavy atom. The lowest BCUT2D eigenvalue weighted by Gasteiger charge is -2.25. The van der Waals surface area contributed by atoms with E-state index in [0.29, 0.717) is 12.2 Å². The Bertz CT molecular complexity index is 1000. The minimum absolute atomic E-state index is 0.110. The number of nitrogens with zero attached hydrogens (tertiary/aromatic N) is 2. The van der Waals surface area contributed by atoms with Crippen molar-refractivity contribution in [2.24, 2.45) is 0 Å². The van der Waals surface area contributed by atoms with Gasteiger partial charge in [0.2, 0.25) is 0 Å². The van der Waals surface area contributed by atoms with Gasteiger partial charge in [-0.3, -0.25) is 14.4 Å². The molecule has 1 heterocycles. The van der Waals surface area contributed by atoms with Gasteiger partial charge in [-0.1, -0.05) is 52.0 Å². The molecule has 31 heavy (non-hydrogen) atoms. The molecule has 3 amide bonds. The lowest BCUT2D eigenvalue weighted by molar-refractivity contribution is 0.0727. The van der Waals surface area contributed by atoms with Crippen LogP contribution in [0.2, 0.25) is 0 Å². The summed E-state index contributed by atoms with van der Waals surface area (Å²) in [6, 6.07) is 10.7. The molecular weight excluding hydrogens is 392 g/mol. The number of anilines is 1. The highest BCUT2D eigenvalue weighted by molar-refractivity contribution is 6.36. The van der Waals surface area contributed by atoms with Crippen LogP contribution in [-0.2, 0) is 0 Å². The summed E-state index contributed by atoms with van der Waals surface area (Å²) >= 11 is 0. The maximum Gasteiger partial charge on any atom is 0.266 e. The third-order valence-corrected chi connectivity index (χ3v) is 5.75. The molecule has 164 valence electrons. The first-order valence-electron chi connectivity index (χ1n) is 10.8. The normalized spacial score (nSPS) is 13.4. The smallest absolute Gasteiger partial charge is 0.266 e. The van der Waals surface area contributed by atoms with Crippen LogP contribution in [0, 0.1) is 0 Å². The van der Waals surface area contributed by atoms with Crippen LogP contribution in [-0.4, -0.2) is 47.4 Å². The number of rotatable bonds is 7. The molecule has 0 spiro atoms. The third-order valence-electron chi connectivity index (χ3n) is 5.75. The van der Waals surface area contributed by atoms with Crippen molar-refractivity contribution >= 4 is 23.4 Å². The lowest BCUT2D eigenvalue weighted by atomic mass is 9.92. The number of likely N-dealkylation sites (N-methyl/N-ethyl adjacent to an activating group) is 1. The predicted molar refractivity (Wildman–Crippen MR) is 121 cm³/mol. The molecular formula is C25H30N2O4. The predicted octanol–water partition coefficient (Wildman–Crippen LogP) is 4.19. The van der Waals surface area contributed by atoms with Crippen molar-refractivity contribution in [2.45, 2.75) is 46.5 Å². The minimum atomic E-state index is -0.473. The molecule has 0 radical (unpaired) electrons. The molecule has 2 aromatic carbocycles. The Balaban J connectivity index is 2.18. The van der Waals surface area contributed by atoms with Gasteiger partial charge in [0, 0.05) is 13.1 Å². The van der Waals surface area contributed by atoms with Crippen molar-refractivity contribution in [1.29, 1.82) is 0 Å². The molecule has 3 rings (SSSR count). The summed E-state index contributed by atoms with van der Waals surface area (Å²) in [6.45, 7) is 10.3. The SMILES string of the molecule is CCN(CCO)C(=O)c1cccc2c1C(=O)N(c1c(C(C)C)cccc1C(C)C)C2=O. The number of imide groups is 1. The molecule has 0 atom stereocenters. The standard InChI is InChI=1S/C25H30N2O4/c1-6-26(13-14-28)23(29)19-11-8-12-20-21(19)25(31)27(24(20)30)22-17(15(2)3)9-7-10-18(22)16(4)5/h7-12,15-16,28H,6,13-14H2,1-5H3. The van der Waals surface area contributed by atoms with Crippen LogP contribution in [0.15, 0.2) is 36.4 Å². The second kappa shape index (κ2) is 9.02. The van der Waals surface area contributed by atoms with E-state index < -0.39 is 11.8 Å². The van der Waals surface area contributed by atoms with Crippen LogP contribution in [0.1, 0.15) is 88.7 Å². The topological polar surface area (TPSA) is 77.9 Å². The van der Waals surface area contributed by atoms with Gasteiger partial charge in [0.15, 0.2) is 0 Å². The van der Waals surface area contributed by atoms with E-state index in [2.05, 4.69) is 0 Å². The summed E-state index contributed by atoms with van der Waals surface area (Å²) in [6.07, 6.45) is 0. The van der Waals surface area contributed by atoms with Gasteiger partial charge >= 0.3 is 0 Å². The van der Waals surface area contributed by atoms with Gasteiger partial charge in [0.1, 0.15) is 0 Å². The fourth-order valence-electron chi connectivity index (χ4n) is 4.13. The molecule has 6 heteroatoms. The number of hydrogen-bond donors (Lipinski definition) is 1. The summed E-state index contributed by atoms with van der Waals surface area (Å²) in [5.74, 6) is -1.02. The number of fused-ring (bicyclic) bond motifs is 1. The second-order valence-corrected chi connectivity index (χ2v) is 8.38. The zero-order valence-corrected chi connectivity index (χ0v) is 18.8. The molecule has 0 unspecified atom stereocenters. The first kappa shape index (κ1) is 22.7. The van der Waals surface area contributed by atoms with E-state index in [1.807, 2.05) is 52.8 Å². The highest BCUT2D eigenvalue weighted by Crippen LogP contribution is 2.40. The molecule has 0 saturated heterocycles. The zero-order chi connectivity index (χ0) is 22.9. The van der Waals surface area contributed by atoms with Gasteiger partial charge in [-0.25, -0.2) is 4.90 Å². The summed E-state index contributed by atoms with van der Waals surface area (Å²) < 4.78 is 0. The highest BCUT2D eigenvalue weighted by Gasteiger charge is 2.42. The molecule has 0 bridgehead atoms. The van der Waals surface area contributed by atoms with Gasteiger partial charge in [-0.2, -0.15) is 0 Å². The quantitative estimate of drug-likeness (QED) is 0.679. The van der Waals surface area contributed by atoms with Crippen molar-refractivity contribution in [3.63, 3.8) is 0 Å². The van der Waals surface area contributed by atoms with Crippen LogP contribution < -0.4 is 4.90 Å². The van der Waals surface area contributed by atoms with Crippen molar-refractivity contribution in [3.8, 4) is 0 Å². The Hall–Kier alpha value is -2.99. The first-order valence-corrected chi connectivity index (χ1v) is 10.8. The number of hydrogen-bond acceptors (Lipinski definition) is 4. The Morgan fingerprint density at radius 1 is 0.968 bits per heavy atom. The van der Waals surface area contributed by atoms with Crippen LogP contribution in [0.5, 0.6) is 0 Å². The number of aliphatic hydroxyl groups excluding tert-OH is 1. The summed E-state index contributed by atoms with van der Waals surface area (Å²) in [4.78, 5) is 42.9. The Morgan fingerprint density at radius 2 is 1.55 bits per heavy atom. The average Bonchev–Trinajstić information content (AvgIpc) is 3.00. The van der Waals surface area contributed by atoms with E-state index in [9.17, 15) is 19.5 Å². The van der Waals surface area contributed by atoms with Gasteiger partial charge in [-0.15, -0.1) is 0 Å². The van der Waals surface area contributed by atoms with Crippen molar-refractivity contribution in [3.05, 3.63) is 64.2 Å². The molecule has 0 aromatic heterocycles. The molecule has 0 fully saturated rings. The lowest BCUT2D eigenvalue weighted by Crippen LogP contribution is -2.35. The minimum Gasteiger partial charge on any atom is -0.395 e. The fraction of sp³-hybridized carbons (Fsp3) is 0.400. The zero-order valence-electron chi connectivity index (χ0n) is 18.8. The van der Waals surface area contributed by atoms with E-state index >= 15 is 0 Å². The third kappa shape index (κ3) is 3.88. The molecule has 0 aliphatic carbocycles. The molecule has 6 nitrogen and oxygen atoms in total. The van der Waals surface area contributed by atoms with Gasteiger partial charge in [0.25, 0.3) is 17.7 Å². The summed E-state index contributed by atoms with van der Waals surface area (Å²) in [7, 11) is 0. The van der Waals surface area contributed by atoms with E-state index in [-0.39, 0.29) is 47.6 Å². The largest absolute Gasteiger partial charge is 0.395 e. The van der Waals surface area contributed by atoms with Crippen molar-refractivity contribution < 1.29 is 19.5 Å². The Labute approximate surface area is 183 Å². The van der Waals surface area contributed by atoms with E-state index in [0.717, 1.165) is 11.1 Å². The van der Waals surface area contributed by atoms with Crippen LogP contribution in [0.4, 0.5) is 5.69 Å². The second-order valence-electron chi connectivity index (χ2n) is 8.38. The fourth-order valence-corrected chi connectivity index (χ4v) is 4.13. The van der Waals surface area contributed by atoms with Gasteiger partial charge in [0.05, 0.1) is 29.0 Å². The van der Waals surface area contributed by atoms with Crippen molar-refractivity contribution in [1.82, 2.24) is 4.90 Å². The Kier molecular flexibility index (Phi) is 6.60. The average molecular weight is 423 g/mol. The van der Waals surface area contributed by atoms with E-state index in [1.165, 1.54) is 9.80 Å². The van der Waals surface area contributed by atoms with Crippen LogP contribution in [0.3, 0.4) is 0 Å². The summed E-state index contributed by atoms with van der Waals surface area (Å²) in [5.41, 5.74) is 3.04. The number of aliphatic hydroxyl groups is 1. The van der Waals surface area contributed by atoms with E-state index in [4.69, 9.17) is 0 Å². The van der Waals surface area contributed by atoms with Gasteiger partial charge < -0.3 is 10.0 Å². The number of benzene rings is 2. The first-order chi connectivity index (χ1) is 14.7. The van der Waals surface area contributed by atoms with E-state index in [1.54, 1.807) is 18.2 Å². The number of carbonyl (C=O) groups excluding carboxylic acids is 3. The highest BCUT2D eigenvalue weighted by atomic mass is 16.3. The molecule has 2 aromatic rings. The maximum absolute atomic E-state index is 13.6. The number of amides is 3. The molecule has 1 aliphatic heterocycles. The van der Waals surface area contributed by atoms with Gasteiger partial charge in [-0.05, 0) is 42.0 Å². The summed E-state index contributed by atoms with van der Waals surface area (Å²) in [5, 5.41) is 9.28. The van der Waals surface area contributed by atoms with Crippen molar-refractivity contribution in [2.75, 3.05) is 24.6 Å². The van der Waals surface area contributed by atoms with Crippen LogP contribution >= 0.6 is 0 Å². The monoisotopic (exact) mass is 422 g/mol. The maximum atomic E-state index is 13.6. The molecule has 0 saturated carbocycles. The number of carbonyl (C=O) groups is 3. The molecule has 1 N–H and O–H groups in total. The number of para-hydroxylation sites is 1. The molecule has 1 aliphatic rings.